The fraction of sp³-hybridized carbons (Fsp3) is 0.750. The predicted molar refractivity (Wildman–Crippen MR) is 70.2 cm³/mol. The molecule has 2 heterocycles. The van der Waals surface area contributed by atoms with Gasteiger partial charge in [-0.15, -0.1) is 11.3 Å². The Labute approximate surface area is 107 Å². The summed E-state index contributed by atoms with van der Waals surface area (Å²) in [6.45, 7) is 5.69. The van der Waals surface area contributed by atoms with Gasteiger partial charge in [-0.2, -0.15) is 0 Å². The van der Waals surface area contributed by atoms with Gasteiger partial charge in [0.2, 0.25) is 0 Å². The van der Waals surface area contributed by atoms with Crippen LogP contribution in [0.2, 0.25) is 0 Å². The van der Waals surface area contributed by atoms with Crippen LogP contribution in [-0.4, -0.2) is 30.3 Å². The topological polar surface area (TPSA) is 60.2 Å². The molecule has 1 aliphatic rings. The molecular weight excluding hydrogens is 234 g/mol. The van der Waals surface area contributed by atoms with Crippen molar-refractivity contribution in [3.63, 3.8) is 0 Å². The van der Waals surface area contributed by atoms with Crippen LogP contribution in [-0.2, 0) is 4.74 Å². The largest absolute Gasteiger partial charge is 0.372 e. The first kappa shape index (κ1) is 13.0. The van der Waals surface area contributed by atoms with E-state index in [-0.39, 0.29) is 6.10 Å². The second-order valence-electron chi connectivity index (χ2n) is 4.65. The number of thiazole rings is 1. The molecule has 5 heteroatoms. The van der Waals surface area contributed by atoms with E-state index in [2.05, 4.69) is 22.6 Å². The van der Waals surface area contributed by atoms with E-state index >= 15 is 0 Å². The van der Waals surface area contributed by atoms with E-state index in [0.717, 1.165) is 30.1 Å². The molecule has 0 saturated carbocycles. The van der Waals surface area contributed by atoms with E-state index in [9.17, 15) is 0 Å². The molecule has 1 aromatic heterocycles. The average molecular weight is 255 g/mol. The molecule has 0 aromatic carbocycles. The molecule has 3 atom stereocenters. The summed E-state index contributed by atoms with van der Waals surface area (Å²) in [5, 5.41) is 6.72. The van der Waals surface area contributed by atoms with Crippen LogP contribution in [0.1, 0.15) is 36.5 Å². The molecule has 0 spiro atoms. The first-order chi connectivity index (χ1) is 8.19. The Hall–Kier alpha value is -0.490. The lowest BCUT2D eigenvalue weighted by Gasteiger charge is -2.16. The van der Waals surface area contributed by atoms with Crippen molar-refractivity contribution in [2.24, 2.45) is 5.73 Å². The van der Waals surface area contributed by atoms with Crippen LogP contribution < -0.4 is 11.1 Å². The second-order valence-corrected chi connectivity index (χ2v) is 5.54. The minimum Gasteiger partial charge on any atom is -0.372 e. The molecule has 1 aromatic rings. The van der Waals surface area contributed by atoms with Gasteiger partial charge in [-0.3, -0.25) is 0 Å². The lowest BCUT2D eigenvalue weighted by Crippen LogP contribution is -2.30. The van der Waals surface area contributed by atoms with Gasteiger partial charge < -0.3 is 15.8 Å². The molecule has 17 heavy (non-hydrogen) atoms. The summed E-state index contributed by atoms with van der Waals surface area (Å²) < 4.78 is 5.80. The number of nitrogens with zero attached hydrogens (tertiary/aromatic N) is 1. The molecule has 96 valence electrons. The summed E-state index contributed by atoms with van der Waals surface area (Å²) >= 11 is 1.71. The van der Waals surface area contributed by atoms with Crippen LogP contribution >= 0.6 is 11.3 Å². The van der Waals surface area contributed by atoms with Crippen molar-refractivity contribution in [2.45, 2.75) is 44.9 Å². The van der Waals surface area contributed by atoms with Gasteiger partial charge in [0.25, 0.3) is 0 Å². The Balaban J connectivity index is 1.75. The van der Waals surface area contributed by atoms with Crippen molar-refractivity contribution >= 4 is 11.3 Å². The fourth-order valence-corrected chi connectivity index (χ4v) is 2.90. The molecule has 1 aliphatic heterocycles. The van der Waals surface area contributed by atoms with Crippen LogP contribution in [0.3, 0.4) is 0 Å². The molecular formula is C12H21N3OS. The van der Waals surface area contributed by atoms with Gasteiger partial charge in [-0.25, -0.2) is 4.98 Å². The molecule has 0 amide bonds. The van der Waals surface area contributed by atoms with E-state index in [0.29, 0.717) is 18.7 Å². The normalized spacial score (nSPS) is 26.3. The van der Waals surface area contributed by atoms with Crippen LogP contribution in [0.15, 0.2) is 5.38 Å². The Kier molecular flexibility index (Phi) is 4.50. The molecule has 1 fully saturated rings. The number of ether oxygens (including phenoxy) is 1. The smallest absolute Gasteiger partial charge is 0.110 e. The number of hydrogen-bond acceptors (Lipinski definition) is 5. The third kappa shape index (κ3) is 3.48. The molecule has 0 bridgehead atoms. The van der Waals surface area contributed by atoms with E-state index < -0.39 is 0 Å². The van der Waals surface area contributed by atoms with Gasteiger partial charge in [0.15, 0.2) is 0 Å². The van der Waals surface area contributed by atoms with Crippen LogP contribution in [0.25, 0.3) is 0 Å². The first-order valence-electron chi connectivity index (χ1n) is 6.20. The Morgan fingerprint density at radius 3 is 2.94 bits per heavy atom. The number of rotatable bonds is 5. The highest BCUT2D eigenvalue weighted by Crippen LogP contribution is 2.21. The van der Waals surface area contributed by atoms with Crippen molar-refractivity contribution in [1.82, 2.24) is 10.3 Å². The summed E-state index contributed by atoms with van der Waals surface area (Å²) in [4.78, 5) is 4.48. The molecule has 2 rings (SSSR count). The number of nitrogens with two attached hydrogens (primary N) is 1. The van der Waals surface area contributed by atoms with Gasteiger partial charge in [0, 0.05) is 24.2 Å². The van der Waals surface area contributed by atoms with Crippen molar-refractivity contribution in [3.05, 3.63) is 16.1 Å². The zero-order valence-corrected chi connectivity index (χ0v) is 11.3. The average Bonchev–Trinajstić information content (AvgIpc) is 2.94. The monoisotopic (exact) mass is 255 g/mol. The third-order valence-corrected chi connectivity index (χ3v) is 4.26. The van der Waals surface area contributed by atoms with Crippen molar-refractivity contribution in [2.75, 3.05) is 13.1 Å². The second kappa shape index (κ2) is 5.91. The minimum atomic E-state index is 0.263. The molecule has 0 aliphatic carbocycles. The van der Waals surface area contributed by atoms with E-state index in [1.165, 1.54) is 0 Å². The zero-order chi connectivity index (χ0) is 12.3. The highest BCUT2D eigenvalue weighted by atomic mass is 32.1. The maximum absolute atomic E-state index is 5.80. The number of aromatic nitrogens is 1. The lowest BCUT2D eigenvalue weighted by molar-refractivity contribution is 0.0492. The molecule has 3 unspecified atom stereocenters. The minimum absolute atomic E-state index is 0.263. The first-order valence-corrected chi connectivity index (χ1v) is 7.08. The highest BCUT2D eigenvalue weighted by Gasteiger charge is 2.24. The molecule has 4 nitrogen and oxygen atoms in total. The summed E-state index contributed by atoms with van der Waals surface area (Å²) in [6.07, 6.45) is 2.78. The van der Waals surface area contributed by atoms with Crippen LogP contribution in [0, 0.1) is 6.92 Å². The molecule has 0 radical (unpaired) electrons. The summed E-state index contributed by atoms with van der Waals surface area (Å²) in [6, 6.07) is 0.300. The SMILES string of the molecule is Cc1csc(C(C)NCC2CCC(CN)O2)n1. The standard InChI is InChI=1S/C12H21N3OS/c1-8-7-17-12(15-8)9(2)14-6-11-4-3-10(5-13)16-11/h7,9-11,14H,3-6,13H2,1-2H3. The third-order valence-electron chi connectivity index (χ3n) is 3.12. The summed E-state index contributed by atoms with van der Waals surface area (Å²) in [7, 11) is 0. The fourth-order valence-electron chi connectivity index (χ4n) is 2.07. The van der Waals surface area contributed by atoms with Gasteiger partial charge >= 0.3 is 0 Å². The maximum atomic E-state index is 5.80. The maximum Gasteiger partial charge on any atom is 0.110 e. The van der Waals surface area contributed by atoms with Gasteiger partial charge in [-0.05, 0) is 26.7 Å². The van der Waals surface area contributed by atoms with E-state index in [1.54, 1.807) is 11.3 Å². The molecule has 1 saturated heterocycles. The van der Waals surface area contributed by atoms with Crippen LogP contribution in [0.4, 0.5) is 0 Å². The molecule has 3 N–H and O–H groups in total. The van der Waals surface area contributed by atoms with Crippen molar-refractivity contribution < 1.29 is 4.74 Å². The van der Waals surface area contributed by atoms with Crippen LogP contribution in [0.5, 0.6) is 0 Å². The predicted octanol–water partition coefficient (Wildman–Crippen LogP) is 1.61. The summed E-state index contributed by atoms with van der Waals surface area (Å²) in [5.41, 5.74) is 6.69. The van der Waals surface area contributed by atoms with Crippen molar-refractivity contribution in [1.29, 1.82) is 0 Å². The summed E-state index contributed by atoms with van der Waals surface area (Å²) in [5.74, 6) is 0. The van der Waals surface area contributed by atoms with Gasteiger partial charge in [-0.1, -0.05) is 0 Å². The van der Waals surface area contributed by atoms with Gasteiger partial charge in [0.05, 0.1) is 18.2 Å². The lowest BCUT2D eigenvalue weighted by atomic mass is 10.2. The number of nitrogens with one attached hydrogen (secondary N) is 1. The number of aryl methyl sites for hydroxylation is 1. The Morgan fingerprint density at radius 2 is 2.35 bits per heavy atom. The van der Waals surface area contributed by atoms with Crippen molar-refractivity contribution in [3.8, 4) is 0 Å². The van der Waals surface area contributed by atoms with E-state index in [4.69, 9.17) is 10.5 Å². The van der Waals surface area contributed by atoms with E-state index in [1.807, 2.05) is 6.92 Å². The highest BCUT2D eigenvalue weighted by molar-refractivity contribution is 7.09. The zero-order valence-electron chi connectivity index (χ0n) is 10.5. The van der Waals surface area contributed by atoms with Gasteiger partial charge in [0.1, 0.15) is 5.01 Å². The number of hydrogen-bond donors (Lipinski definition) is 2. The Bertz CT molecular complexity index is 355. The Morgan fingerprint density at radius 1 is 1.59 bits per heavy atom. The quantitative estimate of drug-likeness (QED) is 0.839.